The maximum absolute atomic E-state index is 12.0. The van der Waals surface area contributed by atoms with Crippen molar-refractivity contribution in [3.05, 3.63) is 33.0 Å². The molecule has 1 aliphatic carbocycles. The Morgan fingerprint density at radius 3 is 3.26 bits per heavy atom. The van der Waals surface area contributed by atoms with E-state index in [-0.39, 0.29) is 11.9 Å². The highest BCUT2D eigenvalue weighted by Crippen LogP contribution is 2.28. The molecule has 3 N–H and O–H groups in total. The van der Waals surface area contributed by atoms with E-state index in [9.17, 15) is 4.79 Å². The van der Waals surface area contributed by atoms with E-state index in [1.165, 1.54) is 4.88 Å². The van der Waals surface area contributed by atoms with Gasteiger partial charge in [0.2, 0.25) is 5.91 Å². The predicted molar refractivity (Wildman–Crippen MR) is 78.5 cm³/mol. The quantitative estimate of drug-likeness (QED) is 0.909. The largest absolute Gasteiger partial charge is 0.375 e. The number of hydrogen-bond donors (Lipinski definition) is 2. The normalized spacial score (nSPS) is 18.0. The van der Waals surface area contributed by atoms with Gasteiger partial charge in [0.15, 0.2) is 5.13 Å². The van der Waals surface area contributed by atoms with Gasteiger partial charge in [0.25, 0.3) is 0 Å². The van der Waals surface area contributed by atoms with E-state index in [1.54, 1.807) is 22.7 Å². The molecule has 1 aliphatic rings. The molecule has 2 aromatic rings. The fraction of sp³-hybridized carbons (Fsp3) is 0.385. The zero-order chi connectivity index (χ0) is 13.2. The number of nitrogens with two attached hydrogens (primary N) is 1. The maximum Gasteiger partial charge on any atom is 0.225 e. The van der Waals surface area contributed by atoms with Crippen LogP contribution in [0.5, 0.6) is 0 Å². The van der Waals surface area contributed by atoms with E-state index in [2.05, 4.69) is 10.3 Å². The third-order valence-corrected chi connectivity index (χ3v) is 5.06. The minimum absolute atomic E-state index is 0.105. The van der Waals surface area contributed by atoms with Crippen LogP contribution >= 0.6 is 22.7 Å². The fourth-order valence-electron chi connectivity index (χ4n) is 2.37. The van der Waals surface area contributed by atoms with Crippen LogP contribution in [0.4, 0.5) is 5.13 Å². The van der Waals surface area contributed by atoms with E-state index in [4.69, 9.17) is 5.73 Å². The minimum atomic E-state index is 0.105. The van der Waals surface area contributed by atoms with Gasteiger partial charge in [0.1, 0.15) is 0 Å². The number of thiazole rings is 1. The molecule has 2 aromatic heterocycles. The van der Waals surface area contributed by atoms with E-state index < -0.39 is 0 Å². The second-order valence-electron chi connectivity index (χ2n) is 4.69. The summed E-state index contributed by atoms with van der Waals surface area (Å²) >= 11 is 3.16. The zero-order valence-electron chi connectivity index (χ0n) is 10.4. The average molecular weight is 293 g/mol. The summed E-state index contributed by atoms with van der Waals surface area (Å²) in [7, 11) is 0. The molecule has 0 fully saturated rings. The number of thiophene rings is 1. The summed E-state index contributed by atoms with van der Waals surface area (Å²) in [5, 5.41) is 5.74. The van der Waals surface area contributed by atoms with Gasteiger partial charge >= 0.3 is 0 Å². The number of nitrogens with zero attached hydrogens (tertiary/aromatic N) is 1. The van der Waals surface area contributed by atoms with Crippen LogP contribution in [0.1, 0.15) is 21.9 Å². The summed E-state index contributed by atoms with van der Waals surface area (Å²) in [6.07, 6.45) is 3.20. The fourth-order valence-corrected chi connectivity index (χ4v) is 4.03. The Labute approximate surface area is 119 Å². The molecule has 6 heteroatoms. The number of aromatic nitrogens is 1. The number of rotatable bonds is 3. The molecule has 0 aliphatic heterocycles. The van der Waals surface area contributed by atoms with Crippen molar-refractivity contribution in [3.63, 3.8) is 0 Å². The van der Waals surface area contributed by atoms with Crippen LogP contribution in [-0.4, -0.2) is 16.9 Å². The van der Waals surface area contributed by atoms with Crippen molar-refractivity contribution in [1.29, 1.82) is 0 Å². The standard InChI is InChI=1S/C13H15N3OS2/c14-13-16-10-4-3-8(6-11(10)19-13)15-12(17)7-9-2-1-5-18-9/h1-2,5,8H,3-4,6-7H2,(H2,14,16)(H,15,17). The van der Waals surface area contributed by atoms with Crippen LogP contribution < -0.4 is 11.1 Å². The number of anilines is 1. The number of aryl methyl sites for hydroxylation is 1. The molecule has 19 heavy (non-hydrogen) atoms. The summed E-state index contributed by atoms with van der Waals surface area (Å²) < 4.78 is 0. The van der Waals surface area contributed by atoms with E-state index in [0.29, 0.717) is 11.6 Å². The molecule has 0 saturated heterocycles. The first-order chi connectivity index (χ1) is 9.20. The Morgan fingerprint density at radius 2 is 2.47 bits per heavy atom. The van der Waals surface area contributed by atoms with Gasteiger partial charge in [-0.2, -0.15) is 0 Å². The number of hydrogen-bond acceptors (Lipinski definition) is 5. The number of nitrogen functional groups attached to an aromatic ring is 1. The smallest absolute Gasteiger partial charge is 0.225 e. The van der Waals surface area contributed by atoms with Crippen LogP contribution in [0.25, 0.3) is 0 Å². The van der Waals surface area contributed by atoms with Crippen molar-refractivity contribution in [1.82, 2.24) is 10.3 Å². The molecule has 4 nitrogen and oxygen atoms in total. The van der Waals surface area contributed by atoms with Crippen LogP contribution in [-0.2, 0) is 24.1 Å². The molecular formula is C13H15N3OS2. The molecule has 1 atom stereocenters. The topological polar surface area (TPSA) is 68.0 Å². The van der Waals surface area contributed by atoms with Crippen molar-refractivity contribution in [2.24, 2.45) is 0 Å². The first-order valence-electron chi connectivity index (χ1n) is 6.26. The first-order valence-corrected chi connectivity index (χ1v) is 7.96. The lowest BCUT2D eigenvalue weighted by Gasteiger charge is -2.22. The zero-order valence-corrected chi connectivity index (χ0v) is 12.0. The Kier molecular flexibility index (Phi) is 3.52. The van der Waals surface area contributed by atoms with Crippen molar-refractivity contribution in [2.45, 2.75) is 31.7 Å². The van der Waals surface area contributed by atoms with Gasteiger partial charge in [-0.15, -0.1) is 22.7 Å². The minimum Gasteiger partial charge on any atom is -0.375 e. The van der Waals surface area contributed by atoms with Crippen LogP contribution in [0.2, 0.25) is 0 Å². The number of carbonyl (C=O) groups is 1. The van der Waals surface area contributed by atoms with Crippen LogP contribution in [0.3, 0.4) is 0 Å². The third kappa shape index (κ3) is 2.96. The molecule has 0 spiro atoms. The molecule has 100 valence electrons. The van der Waals surface area contributed by atoms with Crippen LogP contribution in [0.15, 0.2) is 17.5 Å². The second-order valence-corrected chi connectivity index (χ2v) is 6.83. The summed E-state index contributed by atoms with van der Waals surface area (Å²) in [6.45, 7) is 0. The first kappa shape index (κ1) is 12.6. The van der Waals surface area contributed by atoms with Gasteiger partial charge in [0, 0.05) is 22.2 Å². The van der Waals surface area contributed by atoms with Gasteiger partial charge in [0.05, 0.1) is 12.1 Å². The number of nitrogens with one attached hydrogen (secondary N) is 1. The number of carbonyl (C=O) groups excluding carboxylic acids is 1. The number of amides is 1. The highest BCUT2D eigenvalue weighted by atomic mass is 32.1. The molecule has 3 rings (SSSR count). The lowest BCUT2D eigenvalue weighted by molar-refractivity contribution is -0.121. The Balaban J connectivity index is 1.58. The van der Waals surface area contributed by atoms with E-state index in [0.717, 1.165) is 29.8 Å². The average Bonchev–Trinajstić information content (AvgIpc) is 2.96. The monoisotopic (exact) mass is 293 g/mol. The molecular weight excluding hydrogens is 278 g/mol. The Morgan fingerprint density at radius 1 is 1.58 bits per heavy atom. The second kappa shape index (κ2) is 5.30. The van der Waals surface area contributed by atoms with Crippen molar-refractivity contribution >= 4 is 33.7 Å². The van der Waals surface area contributed by atoms with Crippen molar-refractivity contribution in [2.75, 3.05) is 5.73 Å². The molecule has 0 aromatic carbocycles. The van der Waals surface area contributed by atoms with Crippen molar-refractivity contribution < 1.29 is 4.79 Å². The highest BCUT2D eigenvalue weighted by Gasteiger charge is 2.23. The van der Waals surface area contributed by atoms with E-state index in [1.807, 2.05) is 17.5 Å². The van der Waals surface area contributed by atoms with E-state index >= 15 is 0 Å². The highest BCUT2D eigenvalue weighted by molar-refractivity contribution is 7.15. The lowest BCUT2D eigenvalue weighted by Crippen LogP contribution is -2.39. The Hall–Kier alpha value is -1.40. The molecule has 0 radical (unpaired) electrons. The van der Waals surface area contributed by atoms with Gasteiger partial charge in [-0.3, -0.25) is 4.79 Å². The SMILES string of the molecule is Nc1nc2c(s1)CC(NC(=O)Cc1cccs1)CC2. The lowest BCUT2D eigenvalue weighted by atomic mass is 9.97. The molecule has 1 amide bonds. The van der Waals surface area contributed by atoms with Gasteiger partial charge in [-0.1, -0.05) is 6.07 Å². The molecule has 0 saturated carbocycles. The number of fused-ring (bicyclic) bond motifs is 1. The molecule has 1 unspecified atom stereocenters. The van der Waals surface area contributed by atoms with Gasteiger partial charge in [-0.05, 0) is 24.3 Å². The summed E-state index contributed by atoms with van der Waals surface area (Å²) in [5.41, 5.74) is 6.83. The maximum atomic E-state index is 12.0. The molecule has 0 bridgehead atoms. The van der Waals surface area contributed by atoms with Gasteiger partial charge < -0.3 is 11.1 Å². The van der Waals surface area contributed by atoms with Crippen molar-refractivity contribution in [3.8, 4) is 0 Å². The third-order valence-electron chi connectivity index (χ3n) is 3.24. The van der Waals surface area contributed by atoms with Gasteiger partial charge in [-0.25, -0.2) is 4.98 Å². The Bertz CT molecular complexity index is 577. The molecule has 2 heterocycles. The summed E-state index contributed by atoms with van der Waals surface area (Å²) in [5.74, 6) is 0.105. The predicted octanol–water partition coefficient (Wildman–Crippen LogP) is 2.00. The van der Waals surface area contributed by atoms with Crippen LogP contribution in [0, 0.1) is 0 Å². The summed E-state index contributed by atoms with van der Waals surface area (Å²) in [4.78, 5) is 18.6. The summed E-state index contributed by atoms with van der Waals surface area (Å²) in [6, 6.07) is 4.19.